The van der Waals surface area contributed by atoms with E-state index in [0.29, 0.717) is 6.04 Å². The monoisotopic (exact) mass is 523 g/mol. The number of piperidine rings is 1. The second kappa shape index (κ2) is 11.6. The van der Waals surface area contributed by atoms with E-state index in [9.17, 15) is 9.90 Å². The number of hydrogen-bond acceptors (Lipinski definition) is 4. The van der Waals surface area contributed by atoms with Crippen LogP contribution in [0.25, 0.3) is 22.4 Å². The molecule has 1 aromatic heterocycles. The van der Waals surface area contributed by atoms with Gasteiger partial charge in [0.15, 0.2) is 0 Å². The van der Waals surface area contributed by atoms with Gasteiger partial charge < -0.3 is 19.7 Å². The molecule has 2 heterocycles. The summed E-state index contributed by atoms with van der Waals surface area (Å²) in [5, 5.41) is 12.9. The van der Waals surface area contributed by atoms with Crippen LogP contribution in [0.1, 0.15) is 73.3 Å². The minimum Gasteiger partial charge on any atom is -0.478 e. The lowest BCUT2D eigenvalue weighted by atomic mass is 9.91. The third-order valence-electron chi connectivity index (χ3n) is 8.42. The number of rotatable bonds is 8. The van der Waals surface area contributed by atoms with Gasteiger partial charge in [-0.1, -0.05) is 31.4 Å². The second-order valence-electron chi connectivity index (χ2n) is 11.1. The molecule has 1 aliphatic heterocycles. The van der Waals surface area contributed by atoms with Crippen molar-refractivity contribution in [3.63, 3.8) is 0 Å². The molecule has 2 aliphatic rings. The molecule has 1 saturated heterocycles. The Labute approximate surface area is 230 Å². The number of aromatic carboxylic acids is 1. The summed E-state index contributed by atoms with van der Waals surface area (Å²) in [5.41, 5.74) is 4.34. The van der Waals surface area contributed by atoms with Crippen molar-refractivity contribution in [3.8, 4) is 22.9 Å². The van der Waals surface area contributed by atoms with Gasteiger partial charge in [-0.05, 0) is 118 Å². The van der Waals surface area contributed by atoms with Crippen LogP contribution in [0, 0.1) is 5.92 Å². The smallest absolute Gasteiger partial charge is 0.335 e. The van der Waals surface area contributed by atoms with Crippen LogP contribution in [-0.2, 0) is 6.42 Å². The number of carbonyl (C=O) groups is 1. The number of nitrogens with zero attached hydrogens (tertiary/aromatic N) is 2. The molecule has 2 fully saturated rings. The number of aryl methyl sites for hydroxylation is 1. The average molecular weight is 524 g/mol. The zero-order chi connectivity index (χ0) is 26.6. The van der Waals surface area contributed by atoms with Gasteiger partial charge in [-0.25, -0.2) is 9.78 Å². The van der Waals surface area contributed by atoms with Crippen LogP contribution in [0.4, 0.5) is 0 Å². The SMILES string of the molecule is O=C(O)c1ccc2c(c1)nc(-c1ccc(Oc3cccc(CCC4CCNCC4)c3)cc1)n2C1CCCCC1. The summed E-state index contributed by atoms with van der Waals surface area (Å²) in [5.74, 6) is 2.44. The van der Waals surface area contributed by atoms with Gasteiger partial charge in [-0.2, -0.15) is 0 Å². The molecule has 1 saturated carbocycles. The Morgan fingerprint density at radius 3 is 2.49 bits per heavy atom. The van der Waals surface area contributed by atoms with E-state index in [2.05, 4.69) is 40.2 Å². The van der Waals surface area contributed by atoms with E-state index in [0.717, 1.165) is 72.2 Å². The Kier molecular flexibility index (Phi) is 7.64. The quantitative estimate of drug-likeness (QED) is 0.248. The summed E-state index contributed by atoms with van der Waals surface area (Å²) >= 11 is 0. The van der Waals surface area contributed by atoms with E-state index in [1.165, 1.54) is 44.1 Å². The summed E-state index contributed by atoms with van der Waals surface area (Å²) in [6, 6.07) is 22.3. The van der Waals surface area contributed by atoms with E-state index in [4.69, 9.17) is 9.72 Å². The molecular formula is C33H37N3O3. The lowest BCUT2D eigenvalue weighted by molar-refractivity contribution is 0.0697. The highest BCUT2D eigenvalue weighted by molar-refractivity contribution is 5.93. The van der Waals surface area contributed by atoms with Gasteiger partial charge in [-0.3, -0.25) is 0 Å². The highest BCUT2D eigenvalue weighted by Crippen LogP contribution is 2.37. The lowest BCUT2D eigenvalue weighted by Gasteiger charge is -2.25. The van der Waals surface area contributed by atoms with E-state index >= 15 is 0 Å². The maximum atomic E-state index is 11.6. The Morgan fingerprint density at radius 1 is 0.923 bits per heavy atom. The first-order valence-electron chi connectivity index (χ1n) is 14.5. The number of nitrogens with one attached hydrogen (secondary N) is 1. The minimum atomic E-state index is -0.928. The van der Waals surface area contributed by atoms with E-state index in [-0.39, 0.29) is 5.56 Å². The fourth-order valence-corrected chi connectivity index (χ4v) is 6.26. The molecule has 0 radical (unpaired) electrons. The lowest BCUT2D eigenvalue weighted by Crippen LogP contribution is -2.27. The second-order valence-corrected chi connectivity index (χ2v) is 11.1. The molecule has 4 aromatic rings. The van der Waals surface area contributed by atoms with Gasteiger partial charge in [0.2, 0.25) is 0 Å². The number of imidazole rings is 1. The van der Waals surface area contributed by atoms with Crippen molar-refractivity contribution in [2.24, 2.45) is 5.92 Å². The Morgan fingerprint density at radius 2 is 1.72 bits per heavy atom. The van der Waals surface area contributed by atoms with Gasteiger partial charge in [0.25, 0.3) is 0 Å². The number of hydrogen-bond donors (Lipinski definition) is 2. The fraction of sp³-hybridized carbons (Fsp3) is 0.394. The molecule has 39 heavy (non-hydrogen) atoms. The molecule has 3 aromatic carbocycles. The van der Waals surface area contributed by atoms with Crippen molar-refractivity contribution >= 4 is 17.0 Å². The standard InChI is InChI=1S/C33H37N3O3/c37-33(38)26-13-16-31-30(22-26)35-32(36(31)27-6-2-1-3-7-27)25-11-14-28(15-12-25)39-29-8-4-5-24(21-29)10-9-23-17-19-34-20-18-23/h4-5,8,11-16,21-23,27,34H,1-3,6-7,9-10,17-20H2,(H,37,38). The average Bonchev–Trinajstić information content (AvgIpc) is 3.36. The predicted molar refractivity (Wildman–Crippen MR) is 155 cm³/mol. The number of carboxylic acid groups (broad SMARTS) is 1. The zero-order valence-corrected chi connectivity index (χ0v) is 22.4. The van der Waals surface area contributed by atoms with Crippen molar-refractivity contribution in [2.75, 3.05) is 13.1 Å². The molecule has 0 bridgehead atoms. The summed E-state index contributed by atoms with van der Waals surface area (Å²) in [6.07, 6.45) is 10.8. The van der Waals surface area contributed by atoms with Gasteiger partial charge in [0, 0.05) is 11.6 Å². The summed E-state index contributed by atoms with van der Waals surface area (Å²) < 4.78 is 8.58. The molecule has 0 atom stereocenters. The number of carboxylic acids is 1. The highest BCUT2D eigenvalue weighted by Gasteiger charge is 2.23. The molecule has 6 nitrogen and oxygen atoms in total. The maximum Gasteiger partial charge on any atom is 0.335 e. The maximum absolute atomic E-state index is 11.6. The van der Waals surface area contributed by atoms with E-state index < -0.39 is 5.97 Å². The number of ether oxygens (including phenoxy) is 1. The highest BCUT2D eigenvalue weighted by atomic mass is 16.5. The van der Waals surface area contributed by atoms with Crippen LogP contribution in [0.2, 0.25) is 0 Å². The summed E-state index contributed by atoms with van der Waals surface area (Å²) in [4.78, 5) is 16.5. The molecule has 2 N–H and O–H groups in total. The number of fused-ring (bicyclic) bond motifs is 1. The summed E-state index contributed by atoms with van der Waals surface area (Å²) in [6.45, 7) is 2.29. The number of benzene rings is 3. The number of aromatic nitrogens is 2. The van der Waals surface area contributed by atoms with Crippen molar-refractivity contribution in [3.05, 3.63) is 77.9 Å². The van der Waals surface area contributed by atoms with Gasteiger partial charge >= 0.3 is 5.97 Å². The van der Waals surface area contributed by atoms with Crippen LogP contribution >= 0.6 is 0 Å². The van der Waals surface area contributed by atoms with Crippen molar-refractivity contribution in [2.45, 2.75) is 63.8 Å². The van der Waals surface area contributed by atoms with Crippen LogP contribution < -0.4 is 10.1 Å². The van der Waals surface area contributed by atoms with Crippen molar-refractivity contribution in [1.82, 2.24) is 14.9 Å². The Bertz CT molecular complexity index is 1430. The normalized spacial score (nSPS) is 16.9. The predicted octanol–water partition coefficient (Wildman–Crippen LogP) is 7.63. The third-order valence-corrected chi connectivity index (χ3v) is 8.42. The molecule has 1 aliphatic carbocycles. The van der Waals surface area contributed by atoms with Crippen LogP contribution in [0.5, 0.6) is 11.5 Å². The first-order valence-corrected chi connectivity index (χ1v) is 14.5. The molecule has 6 heteroatoms. The van der Waals surface area contributed by atoms with Crippen molar-refractivity contribution in [1.29, 1.82) is 0 Å². The largest absolute Gasteiger partial charge is 0.478 e. The molecule has 6 rings (SSSR count). The first-order chi connectivity index (χ1) is 19.1. The molecule has 0 unspecified atom stereocenters. The first kappa shape index (κ1) is 25.6. The molecule has 0 amide bonds. The Balaban J connectivity index is 1.22. The van der Waals surface area contributed by atoms with Crippen LogP contribution in [-0.4, -0.2) is 33.7 Å². The van der Waals surface area contributed by atoms with E-state index in [1.54, 1.807) is 12.1 Å². The van der Waals surface area contributed by atoms with Crippen molar-refractivity contribution < 1.29 is 14.6 Å². The topological polar surface area (TPSA) is 76.4 Å². The molecular weight excluding hydrogens is 486 g/mol. The fourth-order valence-electron chi connectivity index (χ4n) is 6.26. The van der Waals surface area contributed by atoms with Crippen LogP contribution in [0.15, 0.2) is 66.7 Å². The van der Waals surface area contributed by atoms with Gasteiger partial charge in [-0.15, -0.1) is 0 Å². The Hall–Kier alpha value is -3.64. The van der Waals surface area contributed by atoms with Gasteiger partial charge in [0.05, 0.1) is 16.6 Å². The third kappa shape index (κ3) is 5.86. The molecule has 0 spiro atoms. The van der Waals surface area contributed by atoms with Crippen LogP contribution in [0.3, 0.4) is 0 Å². The van der Waals surface area contributed by atoms with E-state index in [1.807, 2.05) is 24.3 Å². The minimum absolute atomic E-state index is 0.268. The summed E-state index contributed by atoms with van der Waals surface area (Å²) in [7, 11) is 0. The molecule has 202 valence electrons. The van der Waals surface area contributed by atoms with Gasteiger partial charge in [0.1, 0.15) is 17.3 Å². The zero-order valence-electron chi connectivity index (χ0n) is 22.4.